The monoisotopic (exact) mass is 356 g/mol. The molecule has 26 heavy (non-hydrogen) atoms. The molecule has 138 valence electrons. The van der Waals surface area contributed by atoms with Crippen LogP contribution >= 0.6 is 0 Å². The van der Waals surface area contributed by atoms with Gasteiger partial charge >= 0.3 is 0 Å². The minimum Gasteiger partial charge on any atom is -0.484 e. The van der Waals surface area contributed by atoms with Crippen molar-refractivity contribution in [2.75, 3.05) is 32.8 Å². The highest BCUT2D eigenvalue weighted by atomic mass is 16.5. The zero-order valence-corrected chi connectivity index (χ0v) is 15.4. The Morgan fingerprint density at radius 3 is 2.15 bits per heavy atom. The van der Waals surface area contributed by atoms with Crippen LogP contribution in [0.4, 0.5) is 0 Å². The van der Waals surface area contributed by atoms with Crippen molar-refractivity contribution < 1.29 is 18.7 Å². The molecule has 3 rings (SSSR count). The normalized spacial score (nSPS) is 14.4. The summed E-state index contributed by atoms with van der Waals surface area (Å²) in [6, 6.07) is 7.64. The fourth-order valence-electron chi connectivity index (χ4n) is 3.15. The summed E-state index contributed by atoms with van der Waals surface area (Å²) in [6.45, 7) is 7.87. The molecule has 0 N–H and O–H groups in total. The molecule has 0 saturated carbocycles. The Morgan fingerprint density at radius 1 is 0.962 bits per heavy atom. The summed E-state index contributed by atoms with van der Waals surface area (Å²) in [7, 11) is 0. The number of hydrogen-bond donors (Lipinski definition) is 0. The lowest BCUT2D eigenvalue weighted by atomic mass is 10.1. The summed E-state index contributed by atoms with van der Waals surface area (Å²) in [6.07, 6.45) is 1.48. The number of aryl methyl sites for hydroxylation is 3. The maximum atomic E-state index is 12.4. The number of amides is 2. The average molecular weight is 356 g/mol. The van der Waals surface area contributed by atoms with Gasteiger partial charge in [-0.15, -0.1) is 0 Å². The van der Waals surface area contributed by atoms with Gasteiger partial charge in [0, 0.05) is 26.2 Å². The van der Waals surface area contributed by atoms with E-state index in [0.717, 1.165) is 11.1 Å². The second kappa shape index (κ2) is 7.64. The van der Waals surface area contributed by atoms with Gasteiger partial charge in [-0.3, -0.25) is 9.59 Å². The Morgan fingerprint density at radius 2 is 1.58 bits per heavy atom. The molecule has 0 bridgehead atoms. The molecule has 0 radical (unpaired) electrons. The molecular formula is C20H24N2O4. The van der Waals surface area contributed by atoms with E-state index in [1.54, 1.807) is 15.9 Å². The zero-order chi connectivity index (χ0) is 18.7. The van der Waals surface area contributed by atoms with Crippen LogP contribution in [0.1, 0.15) is 27.2 Å². The molecule has 2 amide bonds. The SMILES string of the molecule is Cc1cc(C)cc(OCC(=O)N2CCN(C(=O)c3coc(C)c3)CC2)c1. The van der Waals surface area contributed by atoms with Crippen LogP contribution < -0.4 is 4.74 Å². The molecule has 0 spiro atoms. The number of carbonyl (C=O) groups is 2. The zero-order valence-electron chi connectivity index (χ0n) is 15.4. The molecule has 1 aliphatic heterocycles. The summed E-state index contributed by atoms with van der Waals surface area (Å²) >= 11 is 0. The van der Waals surface area contributed by atoms with E-state index in [2.05, 4.69) is 6.07 Å². The number of carbonyl (C=O) groups excluding carboxylic acids is 2. The van der Waals surface area contributed by atoms with E-state index in [9.17, 15) is 9.59 Å². The van der Waals surface area contributed by atoms with Gasteiger partial charge in [0.1, 0.15) is 17.8 Å². The summed E-state index contributed by atoms with van der Waals surface area (Å²) in [5.74, 6) is 1.31. The van der Waals surface area contributed by atoms with E-state index in [1.807, 2.05) is 32.9 Å². The predicted octanol–water partition coefficient (Wildman–Crippen LogP) is 2.57. The number of hydrogen-bond acceptors (Lipinski definition) is 4. The van der Waals surface area contributed by atoms with Crippen LogP contribution in [-0.2, 0) is 4.79 Å². The Bertz CT molecular complexity index is 784. The first-order valence-corrected chi connectivity index (χ1v) is 8.75. The molecule has 1 aliphatic rings. The van der Waals surface area contributed by atoms with Gasteiger partial charge in [-0.1, -0.05) is 6.07 Å². The first-order valence-electron chi connectivity index (χ1n) is 8.75. The highest BCUT2D eigenvalue weighted by Crippen LogP contribution is 2.17. The molecule has 0 aliphatic carbocycles. The first-order chi connectivity index (χ1) is 12.4. The second-order valence-electron chi connectivity index (χ2n) is 6.73. The van der Waals surface area contributed by atoms with Gasteiger partial charge in [0.25, 0.3) is 11.8 Å². The van der Waals surface area contributed by atoms with Gasteiger partial charge in [0.05, 0.1) is 5.56 Å². The average Bonchev–Trinajstić information content (AvgIpc) is 3.05. The maximum Gasteiger partial charge on any atom is 0.260 e. The van der Waals surface area contributed by atoms with E-state index in [1.165, 1.54) is 6.26 Å². The summed E-state index contributed by atoms with van der Waals surface area (Å²) in [4.78, 5) is 28.3. The molecule has 0 atom stereocenters. The van der Waals surface area contributed by atoms with Crippen molar-refractivity contribution >= 4 is 11.8 Å². The van der Waals surface area contributed by atoms with Gasteiger partial charge in [-0.25, -0.2) is 0 Å². The highest BCUT2D eigenvalue weighted by Gasteiger charge is 2.25. The van der Waals surface area contributed by atoms with Gasteiger partial charge in [-0.2, -0.15) is 0 Å². The summed E-state index contributed by atoms with van der Waals surface area (Å²) in [5.41, 5.74) is 2.77. The van der Waals surface area contributed by atoms with Gasteiger partial charge in [0.15, 0.2) is 6.61 Å². The molecule has 6 heteroatoms. The Balaban J connectivity index is 1.49. The van der Waals surface area contributed by atoms with Crippen LogP contribution in [0.15, 0.2) is 34.9 Å². The lowest BCUT2D eigenvalue weighted by molar-refractivity contribution is -0.134. The van der Waals surface area contributed by atoms with Gasteiger partial charge in [-0.05, 0) is 50.1 Å². The van der Waals surface area contributed by atoms with Crippen molar-refractivity contribution in [3.63, 3.8) is 0 Å². The van der Waals surface area contributed by atoms with Crippen LogP contribution in [0.2, 0.25) is 0 Å². The van der Waals surface area contributed by atoms with Crippen LogP contribution in [0.3, 0.4) is 0 Å². The number of ether oxygens (including phenoxy) is 1. The number of benzene rings is 1. The van der Waals surface area contributed by atoms with Crippen LogP contribution in [-0.4, -0.2) is 54.4 Å². The molecule has 1 aromatic heterocycles. The van der Waals surface area contributed by atoms with Crippen molar-refractivity contribution in [1.29, 1.82) is 0 Å². The highest BCUT2D eigenvalue weighted by molar-refractivity contribution is 5.94. The Hall–Kier alpha value is -2.76. The molecule has 1 fully saturated rings. The fraction of sp³-hybridized carbons (Fsp3) is 0.400. The minimum atomic E-state index is -0.0598. The predicted molar refractivity (Wildman–Crippen MR) is 97.3 cm³/mol. The lowest BCUT2D eigenvalue weighted by Gasteiger charge is -2.34. The molecular weight excluding hydrogens is 332 g/mol. The topological polar surface area (TPSA) is 63.0 Å². The third kappa shape index (κ3) is 4.25. The summed E-state index contributed by atoms with van der Waals surface area (Å²) < 4.78 is 10.8. The van der Waals surface area contributed by atoms with Crippen molar-refractivity contribution in [2.24, 2.45) is 0 Å². The third-order valence-electron chi connectivity index (χ3n) is 4.45. The van der Waals surface area contributed by atoms with Gasteiger partial charge < -0.3 is 19.0 Å². The van der Waals surface area contributed by atoms with E-state index >= 15 is 0 Å². The van der Waals surface area contributed by atoms with Crippen molar-refractivity contribution in [1.82, 2.24) is 9.80 Å². The number of piperazine rings is 1. The summed E-state index contributed by atoms with van der Waals surface area (Å²) in [5, 5.41) is 0. The molecule has 1 saturated heterocycles. The Kier molecular flexibility index (Phi) is 5.30. The largest absolute Gasteiger partial charge is 0.484 e. The molecule has 6 nitrogen and oxygen atoms in total. The maximum absolute atomic E-state index is 12.4. The van der Waals surface area contributed by atoms with Crippen molar-refractivity contribution in [3.8, 4) is 5.75 Å². The van der Waals surface area contributed by atoms with E-state index in [-0.39, 0.29) is 18.4 Å². The van der Waals surface area contributed by atoms with E-state index in [0.29, 0.717) is 43.3 Å². The van der Waals surface area contributed by atoms with E-state index in [4.69, 9.17) is 9.15 Å². The van der Waals surface area contributed by atoms with Gasteiger partial charge in [0.2, 0.25) is 0 Å². The van der Waals surface area contributed by atoms with E-state index < -0.39 is 0 Å². The number of rotatable bonds is 4. The fourth-order valence-corrected chi connectivity index (χ4v) is 3.15. The van der Waals surface area contributed by atoms with Crippen molar-refractivity contribution in [2.45, 2.75) is 20.8 Å². The Labute approximate surface area is 153 Å². The number of nitrogens with zero attached hydrogens (tertiary/aromatic N) is 2. The molecule has 2 aromatic rings. The molecule has 2 heterocycles. The first kappa shape index (κ1) is 18.0. The quantitative estimate of drug-likeness (QED) is 0.845. The lowest BCUT2D eigenvalue weighted by Crippen LogP contribution is -2.51. The smallest absolute Gasteiger partial charge is 0.260 e. The van der Waals surface area contributed by atoms with Crippen LogP contribution in [0, 0.1) is 20.8 Å². The minimum absolute atomic E-state index is 0.0117. The van der Waals surface area contributed by atoms with Crippen molar-refractivity contribution in [3.05, 3.63) is 53.0 Å². The molecule has 0 unspecified atom stereocenters. The molecule has 1 aromatic carbocycles. The van der Waals surface area contributed by atoms with Crippen LogP contribution in [0.5, 0.6) is 5.75 Å². The number of furan rings is 1. The van der Waals surface area contributed by atoms with Crippen LogP contribution in [0.25, 0.3) is 0 Å². The standard InChI is InChI=1S/C20H24N2O4/c1-14-8-15(2)10-18(9-14)26-13-19(23)21-4-6-22(7-5-21)20(24)17-11-16(3)25-12-17/h8-12H,4-7,13H2,1-3H3. The third-order valence-corrected chi connectivity index (χ3v) is 4.45. The second-order valence-corrected chi connectivity index (χ2v) is 6.73.